The van der Waals surface area contributed by atoms with Crippen LogP contribution in [0.5, 0.6) is 28.9 Å². The summed E-state index contributed by atoms with van der Waals surface area (Å²) in [7, 11) is 2.98. The number of furan rings is 1. The van der Waals surface area contributed by atoms with E-state index in [9.17, 15) is 4.79 Å². The number of para-hydroxylation sites is 1. The first-order chi connectivity index (χ1) is 15.4. The van der Waals surface area contributed by atoms with Crippen LogP contribution in [0.25, 0.3) is 6.08 Å². The van der Waals surface area contributed by atoms with Gasteiger partial charge < -0.3 is 28.7 Å². The number of hydrogen-bond donors (Lipinski definition) is 1. The molecule has 0 aliphatic carbocycles. The second kappa shape index (κ2) is 8.47. The van der Waals surface area contributed by atoms with Crippen molar-refractivity contribution < 1.29 is 28.2 Å². The van der Waals surface area contributed by atoms with Crippen molar-refractivity contribution in [2.24, 2.45) is 0 Å². The van der Waals surface area contributed by atoms with Gasteiger partial charge in [-0.25, -0.2) is 0 Å². The highest BCUT2D eigenvalue weighted by atomic mass is 28.3. The van der Waals surface area contributed by atoms with Gasteiger partial charge in [0.1, 0.15) is 25.3 Å². The molecule has 0 radical (unpaired) electrons. The van der Waals surface area contributed by atoms with E-state index in [1.807, 2.05) is 12.1 Å². The SMILES string of the molecule is COc1cc2c(cc1Oc1ccc(C(=O)Nc3c(OC)cccc3OC)o1)[Si](C)(C)C=C2. The van der Waals surface area contributed by atoms with Crippen LogP contribution in [0.1, 0.15) is 16.1 Å². The van der Waals surface area contributed by atoms with Crippen molar-refractivity contribution >= 4 is 30.9 Å². The third-order valence-electron chi connectivity index (χ3n) is 5.39. The van der Waals surface area contributed by atoms with Crippen molar-refractivity contribution in [2.75, 3.05) is 26.6 Å². The molecule has 1 N–H and O–H groups in total. The number of amides is 1. The van der Waals surface area contributed by atoms with Crippen LogP contribution in [0.4, 0.5) is 5.69 Å². The van der Waals surface area contributed by atoms with Gasteiger partial charge in [-0.15, -0.1) is 0 Å². The Hall–Kier alpha value is -3.65. The smallest absolute Gasteiger partial charge is 0.291 e. The van der Waals surface area contributed by atoms with Gasteiger partial charge >= 0.3 is 0 Å². The van der Waals surface area contributed by atoms with E-state index in [1.165, 1.54) is 19.4 Å². The van der Waals surface area contributed by atoms with Gasteiger partial charge in [0.25, 0.3) is 11.9 Å². The number of ether oxygens (including phenoxy) is 4. The summed E-state index contributed by atoms with van der Waals surface area (Å²) in [5.74, 6) is 1.91. The van der Waals surface area contributed by atoms with E-state index >= 15 is 0 Å². The topological polar surface area (TPSA) is 79.2 Å². The number of rotatable bonds is 7. The molecule has 0 fully saturated rings. The number of hydrogen-bond acceptors (Lipinski definition) is 6. The van der Waals surface area contributed by atoms with E-state index in [1.54, 1.807) is 37.4 Å². The largest absolute Gasteiger partial charge is 0.494 e. The van der Waals surface area contributed by atoms with Crippen LogP contribution in [-0.4, -0.2) is 35.3 Å². The predicted molar refractivity (Wildman–Crippen MR) is 125 cm³/mol. The minimum absolute atomic E-state index is 0.0875. The molecule has 0 bridgehead atoms. The molecular weight excluding hydrogens is 426 g/mol. The number of fused-ring (bicyclic) bond motifs is 1. The molecule has 0 saturated carbocycles. The predicted octanol–water partition coefficient (Wildman–Crippen LogP) is 4.83. The van der Waals surface area contributed by atoms with Gasteiger partial charge in [0.15, 0.2) is 17.3 Å². The first kappa shape index (κ1) is 21.6. The Morgan fingerprint density at radius 1 is 0.906 bits per heavy atom. The highest BCUT2D eigenvalue weighted by Crippen LogP contribution is 2.37. The summed E-state index contributed by atoms with van der Waals surface area (Å²) in [5.41, 5.74) is 3.85. The molecule has 4 rings (SSSR count). The fraction of sp³-hybridized carbons (Fsp3) is 0.208. The summed E-state index contributed by atoms with van der Waals surface area (Å²) in [6.07, 6.45) is 2.13. The number of carbonyl (C=O) groups excluding carboxylic acids is 1. The number of carbonyl (C=O) groups is 1. The van der Waals surface area contributed by atoms with Crippen molar-refractivity contribution in [3.8, 4) is 28.9 Å². The van der Waals surface area contributed by atoms with Crippen LogP contribution in [0, 0.1) is 0 Å². The minimum atomic E-state index is -1.65. The summed E-state index contributed by atoms with van der Waals surface area (Å²) in [5, 5.41) is 4.04. The number of nitrogens with one attached hydrogen (secondary N) is 1. The molecule has 0 unspecified atom stereocenters. The lowest BCUT2D eigenvalue weighted by Crippen LogP contribution is -2.37. The molecule has 8 heteroatoms. The van der Waals surface area contributed by atoms with Crippen LogP contribution in [0.2, 0.25) is 13.1 Å². The summed E-state index contributed by atoms with van der Waals surface area (Å²) in [4.78, 5) is 12.8. The van der Waals surface area contributed by atoms with Gasteiger partial charge in [-0.05, 0) is 41.1 Å². The fourth-order valence-corrected chi connectivity index (χ4v) is 5.83. The molecule has 7 nitrogen and oxygen atoms in total. The van der Waals surface area contributed by atoms with Gasteiger partial charge in [-0.1, -0.05) is 30.9 Å². The Morgan fingerprint density at radius 3 is 2.25 bits per heavy atom. The van der Waals surface area contributed by atoms with Gasteiger partial charge in [-0.3, -0.25) is 4.79 Å². The van der Waals surface area contributed by atoms with E-state index in [0.29, 0.717) is 28.7 Å². The standard InChI is InChI=1S/C24H25NO6Si/c1-27-16-7-6-8-17(28-2)23(16)25-24(26)18-9-10-22(30-18)31-20-14-21-15(13-19(20)29-3)11-12-32(21,4)5/h6-14H,1-5H3,(H,25,26). The monoisotopic (exact) mass is 451 g/mol. The molecule has 1 amide bonds. The molecule has 1 aromatic heterocycles. The molecule has 2 aromatic carbocycles. The normalized spacial score (nSPS) is 13.4. The Balaban J connectivity index is 1.56. The Kier molecular flexibility index (Phi) is 5.71. The Labute approximate surface area is 187 Å². The summed E-state index contributed by atoms with van der Waals surface area (Å²) in [6, 6.07) is 12.4. The lowest BCUT2D eigenvalue weighted by atomic mass is 10.2. The maximum Gasteiger partial charge on any atom is 0.291 e. The van der Waals surface area contributed by atoms with E-state index in [-0.39, 0.29) is 11.7 Å². The third-order valence-corrected chi connectivity index (χ3v) is 8.21. The first-order valence-electron chi connectivity index (χ1n) is 10.1. The quantitative estimate of drug-likeness (QED) is 0.518. The molecule has 1 aliphatic heterocycles. The van der Waals surface area contributed by atoms with Gasteiger partial charge in [0.2, 0.25) is 0 Å². The summed E-state index contributed by atoms with van der Waals surface area (Å²) in [6.45, 7) is 4.54. The molecule has 32 heavy (non-hydrogen) atoms. The summed E-state index contributed by atoms with van der Waals surface area (Å²) >= 11 is 0. The second-order valence-electron chi connectivity index (χ2n) is 7.86. The molecule has 1 aliphatic rings. The molecule has 0 saturated heterocycles. The molecule has 166 valence electrons. The highest BCUT2D eigenvalue weighted by Gasteiger charge is 2.29. The molecule has 0 spiro atoms. The maximum absolute atomic E-state index is 12.8. The molecule has 0 atom stereocenters. The van der Waals surface area contributed by atoms with Gasteiger partial charge in [0, 0.05) is 6.07 Å². The maximum atomic E-state index is 12.8. The minimum Gasteiger partial charge on any atom is -0.494 e. The Bertz CT molecular complexity index is 1170. The van der Waals surface area contributed by atoms with E-state index in [4.69, 9.17) is 23.4 Å². The van der Waals surface area contributed by atoms with Gasteiger partial charge in [0.05, 0.1) is 21.3 Å². The van der Waals surface area contributed by atoms with Crippen LogP contribution in [0.3, 0.4) is 0 Å². The Morgan fingerprint density at radius 2 is 1.59 bits per heavy atom. The lowest BCUT2D eigenvalue weighted by Gasteiger charge is -2.18. The number of anilines is 1. The van der Waals surface area contributed by atoms with Crippen LogP contribution in [0.15, 0.2) is 52.6 Å². The van der Waals surface area contributed by atoms with E-state index < -0.39 is 14.0 Å². The second-order valence-corrected chi connectivity index (χ2v) is 12.2. The molecule has 2 heterocycles. The molecule has 3 aromatic rings. The third kappa shape index (κ3) is 3.96. The zero-order valence-corrected chi connectivity index (χ0v) is 19.6. The average Bonchev–Trinajstić information content (AvgIpc) is 3.37. The van der Waals surface area contributed by atoms with E-state index in [2.05, 4.69) is 30.2 Å². The molecular formula is C24H25NO6Si. The van der Waals surface area contributed by atoms with Crippen molar-refractivity contribution in [3.63, 3.8) is 0 Å². The van der Waals surface area contributed by atoms with Crippen molar-refractivity contribution in [2.45, 2.75) is 13.1 Å². The van der Waals surface area contributed by atoms with E-state index in [0.717, 1.165) is 5.56 Å². The van der Waals surface area contributed by atoms with Crippen LogP contribution >= 0.6 is 0 Å². The van der Waals surface area contributed by atoms with Crippen molar-refractivity contribution in [3.05, 3.63) is 59.5 Å². The number of methoxy groups -OCH3 is 3. The number of benzene rings is 2. The van der Waals surface area contributed by atoms with Gasteiger partial charge in [-0.2, -0.15) is 0 Å². The zero-order chi connectivity index (χ0) is 22.9. The van der Waals surface area contributed by atoms with Crippen LogP contribution < -0.4 is 29.5 Å². The highest BCUT2D eigenvalue weighted by molar-refractivity contribution is 6.96. The zero-order valence-electron chi connectivity index (χ0n) is 18.6. The average molecular weight is 452 g/mol. The first-order valence-corrected chi connectivity index (χ1v) is 13.2. The van der Waals surface area contributed by atoms with Crippen molar-refractivity contribution in [1.29, 1.82) is 0 Å². The summed E-state index contributed by atoms with van der Waals surface area (Å²) < 4.78 is 27.8. The van der Waals surface area contributed by atoms with Crippen LogP contribution in [-0.2, 0) is 0 Å². The fourth-order valence-electron chi connectivity index (χ4n) is 3.65. The van der Waals surface area contributed by atoms with Crippen molar-refractivity contribution in [1.82, 2.24) is 0 Å². The lowest BCUT2D eigenvalue weighted by molar-refractivity contribution is 0.0991.